The second-order valence-electron chi connectivity index (χ2n) is 7.76. The van der Waals surface area contributed by atoms with Gasteiger partial charge in [-0.3, -0.25) is 9.59 Å². The minimum absolute atomic E-state index is 0.191. The summed E-state index contributed by atoms with van der Waals surface area (Å²) in [5, 5.41) is 10.2. The first-order valence-electron chi connectivity index (χ1n) is 11.9. The van der Waals surface area contributed by atoms with Crippen molar-refractivity contribution in [3.63, 3.8) is 0 Å². The summed E-state index contributed by atoms with van der Waals surface area (Å²) in [5.41, 5.74) is 5.59. The normalized spacial score (nSPS) is 12.8. The number of aliphatic hydroxyl groups excluding tert-OH is 1. The molecule has 3 N–H and O–H groups in total. The number of aliphatic hydroxyl groups is 1. The lowest BCUT2D eigenvalue weighted by molar-refractivity contribution is -0.155. The Hall–Kier alpha value is -1.67. The zero-order chi connectivity index (χ0) is 23.5. The van der Waals surface area contributed by atoms with E-state index >= 15 is 0 Å². The van der Waals surface area contributed by atoms with Crippen molar-refractivity contribution in [1.29, 1.82) is 0 Å². The van der Waals surface area contributed by atoms with Crippen molar-refractivity contribution in [3.05, 3.63) is 0 Å². The molecular weight excluding hydrogens is 400 g/mol. The van der Waals surface area contributed by atoms with Gasteiger partial charge in [-0.2, -0.15) is 0 Å². The van der Waals surface area contributed by atoms with E-state index in [2.05, 4.69) is 6.92 Å². The minimum Gasteiger partial charge on any atom is -0.466 e. The third kappa shape index (κ3) is 14.1. The standard InChI is InChI=1S/C23H44N2O6/c1-4-7-10-13-19(26)16-17-25(21(27)18-24)20(23(29)31-6-3)14-11-8-9-12-15-22(28)30-5-2/h19-20,26H,4-18,24H2,1-3H3. The highest BCUT2D eigenvalue weighted by atomic mass is 16.5. The van der Waals surface area contributed by atoms with Gasteiger partial charge in [0.2, 0.25) is 5.91 Å². The number of carbonyl (C=O) groups excluding carboxylic acids is 3. The second kappa shape index (κ2) is 19.0. The predicted octanol–water partition coefficient (Wildman–Crippen LogP) is 2.94. The zero-order valence-electron chi connectivity index (χ0n) is 19.8. The Kier molecular flexibility index (Phi) is 18.0. The lowest BCUT2D eigenvalue weighted by Crippen LogP contribution is -2.49. The third-order valence-corrected chi connectivity index (χ3v) is 5.19. The van der Waals surface area contributed by atoms with E-state index in [4.69, 9.17) is 15.2 Å². The lowest BCUT2D eigenvalue weighted by Gasteiger charge is -2.31. The summed E-state index contributed by atoms with van der Waals surface area (Å²) >= 11 is 0. The SMILES string of the molecule is CCCCCC(O)CCN(C(=O)CN)C(CCCCCCC(=O)OCC)C(=O)OCC. The first kappa shape index (κ1) is 29.3. The van der Waals surface area contributed by atoms with Gasteiger partial charge in [0.05, 0.1) is 25.9 Å². The Balaban J connectivity index is 4.77. The zero-order valence-corrected chi connectivity index (χ0v) is 19.8. The summed E-state index contributed by atoms with van der Waals surface area (Å²) in [6.07, 6.45) is 7.65. The van der Waals surface area contributed by atoms with Crippen LogP contribution in [0.15, 0.2) is 0 Å². The van der Waals surface area contributed by atoms with Gasteiger partial charge in [-0.15, -0.1) is 0 Å². The van der Waals surface area contributed by atoms with Gasteiger partial charge in [0.25, 0.3) is 0 Å². The Morgan fingerprint density at radius 2 is 1.52 bits per heavy atom. The molecule has 0 spiro atoms. The molecule has 0 rings (SSSR count). The summed E-state index contributed by atoms with van der Waals surface area (Å²) in [6, 6.07) is -0.705. The minimum atomic E-state index is -0.705. The van der Waals surface area contributed by atoms with Gasteiger partial charge in [0.15, 0.2) is 0 Å². The number of hydrogen-bond acceptors (Lipinski definition) is 7. The highest BCUT2D eigenvalue weighted by Gasteiger charge is 2.30. The van der Waals surface area contributed by atoms with Gasteiger partial charge in [0.1, 0.15) is 6.04 Å². The van der Waals surface area contributed by atoms with Crippen molar-refractivity contribution in [1.82, 2.24) is 4.90 Å². The molecule has 0 aliphatic rings. The maximum absolute atomic E-state index is 12.6. The van der Waals surface area contributed by atoms with E-state index in [1.54, 1.807) is 13.8 Å². The third-order valence-electron chi connectivity index (χ3n) is 5.19. The molecule has 0 aromatic carbocycles. The Morgan fingerprint density at radius 3 is 2.13 bits per heavy atom. The maximum atomic E-state index is 12.6. The second-order valence-corrected chi connectivity index (χ2v) is 7.76. The molecule has 182 valence electrons. The molecule has 0 aromatic heterocycles. The molecule has 0 aliphatic carbocycles. The molecule has 2 atom stereocenters. The number of carbonyl (C=O) groups is 3. The fourth-order valence-corrected chi connectivity index (χ4v) is 3.47. The van der Waals surface area contributed by atoms with Crippen LogP contribution in [0, 0.1) is 0 Å². The number of amides is 1. The fourth-order valence-electron chi connectivity index (χ4n) is 3.47. The van der Waals surface area contributed by atoms with E-state index in [1.807, 2.05) is 0 Å². The molecule has 0 saturated carbocycles. The van der Waals surface area contributed by atoms with Crippen LogP contribution in [0.1, 0.15) is 91.4 Å². The largest absolute Gasteiger partial charge is 0.466 e. The van der Waals surface area contributed by atoms with Crippen LogP contribution >= 0.6 is 0 Å². The van der Waals surface area contributed by atoms with Crippen molar-refractivity contribution >= 4 is 17.8 Å². The molecule has 0 saturated heterocycles. The number of esters is 2. The quantitative estimate of drug-likeness (QED) is 0.232. The van der Waals surface area contributed by atoms with Crippen LogP contribution < -0.4 is 5.73 Å². The van der Waals surface area contributed by atoms with Gasteiger partial charge in [-0.05, 0) is 39.5 Å². The number of unbranched alkanes of at least 4 members (excludes halogenated alkanes) is 5. The number of hydrogen-bond donors (Lipinski definition) is 2. The average molecular weight is 445 g/mol. The summed E-state index contributed by atoms with van der Waals surface area (Å²) in [4.78, 5) is 37.9. The smallest absolute Gasteiger partial charge is 0.328 e. The van der Waals surface area contributed by atoms with E-state index in [1.165, 1.54) is 4.90 Å². The molecule has 0 heterocycles. The van der Waals surface area contributed by atoms with Crippen LogP contribution in [-0.4, -0.2) is 66.3 Å². The van der Waals surface area contributed by atoms with Crippen LogP contribution in [0.4, 0.5) is 0 Å². The van der Waals surface area contributed by atoms with Crippen LogP contribution in [0.5, 0.6) is 0 Å². The molecule has 1 amide bonds. The predicted molar refractivity (Wildman–Crippen MR) is 120 cm³/mol. The van der Waals surface area contributed by atoms with Gasteiger partial charge in [-0.1, -0.05) is 45.4 Å². The Morgan fingerprint density at radius 1 is 0.871 bits per heavy atom. The summed E-state index contributed by atoms with van der Waals surface area (Å²) in [7, 11) is 0. The van der Waals surface area contributed by atoms with E-state index in [-0.39, 0.29) is 31.6 Å². The van der Waals surface area contributed by atoms with Crippen LogP contribution in [0.25, 0.3) is 0 Å². The molecule has 8 heteroatoms. The van der Waals surface area contributed by atoms with Gasteiger partial charge < -0.3 is 25.2 Å². The Labute approximate surface area is 187 Å². The first-order chi connectivity index (χ1) is 14.9. The maximum Gasteiger partial charge on any atom is 0.328 e. The summed E-state index contributed by atoms with van der Waals surface area (Å²) in [6.45, 7) is 6.33. The molecule has 0 radical (unpaired) electrons. The van der Waals surface area contributed by atoms with Crippen molar-refractivity contribution in [3.8, 4) is 0 Å². The van der Waals surface area contributed by atoms with Crippen molar-refractivity contribution in [2.75, 3.05) is 26.3 Å². The number of ether oxygens (including phenoxy) is 2. The molecule has 31 heavy (non-hydrogen) atoms. The van der Waals surface area contributed by atoms with E-state index < -0.39 is 18.1 Å². The molecule has 2 unspecified atom stereocenters. The van der Waals surface area contributed by atoms with Crippen LogP contribution in [0.2, 0.25) is 0 Å². The number of rotatable bonds is 19. The summed E-state index contributed by atoms with van der Waals surface area (Å²) in [5.74, 6) is -0.943. The van der Waals surface area contributed by atoms with Crippen LogP contribution in [-0.2, 0) is 23.9 Å². The lowest BCUT2D eigenvalue weighted by atomic mass is 10.0. The van der Waals surface area contributed by atoms with Gasteiger partial charge in [0, 0.05) is 13.0 Å². The van der Waals surface area contributed by atoms with Crippen LogP contribution in [0.3, 0.4) is 0 Å². The van der Waals surface area contributed by atoms with Gasteiger partial charge in [-0.25, -0.2) is 4.79 Å². The van der Waals surface area contributed by atoms with E-state index in [0.717, 1.165) is 44.9 Å². The fraction of sp³-hybridized carbons (Fsp3) is 0.870. The topological polar surface area (TPSA) is 119 Å². The first-order valence-corrected chi connectivity index (χ1v) is 11.9. The molecule has 8 nitrogen and oxygen atoms in total. The van der Waals surface area contributed by atoms with E-state index in [9.17, 15) is 19.5 Å². The molecule has 0 aliphatic heterocycles. The monoisotopic (exact) mass is 444 g/mol. The average Bonchev–Trinajstić information content (AvgIpc) is 2.74. The Bertz CT molecular complexity index is 500. The van der Waals surface area contributed by atoms with Crippen molar-refractivity contribution < 1.29 is 29.0 Å². The highest BCUT2D eigenvalue weighted by Crippen LogP contribution is 2.16. The molecular formula is C23H44N2O6. The summed E-state index contributed by atoms with van der Waals surface area (Å²) < 4.78 is 10.1. The molecule has 0 fully saturated rings. The molecule has 0 bridgehead atoms. The van der Waals surface area contributed by atoms with Gasteiger partial charge >= 0.3 is 11.9 Å². The highest BCUT2D eigenvalue weighted by molar-refractivity contribution is 5.85. The van der Waals surface area contributed by atoms with Crippen molar-refractivity contribution in [2.24, 2.45) is 5.73 Å². The van der Waals surface area contributed by atoms with Crippen molar-refractivity contribution in [2.45, 2.75) is 104 Å². The number of nitrogens with zero attached hydrogens (tertiary/aromatic N) is 1. The molecule has 0 aromatic rings. The number of nitrogens with two attached hydrogens (primary N) is 1. The van der Waals surface area contributed by atoms with E-state index in [0.29, 0.717) is 32.3 Å².